The number of hydrogen-bond donors (Lipinski definition) is 2. The quantitative estimate of drug-likeness (QED) is 0.807. The Hall–Kier alpha value is -1.75. The van der Waals surface area contributed by atoms with Crippen molar-refractivity contribution in [3.8, 4) is 5.75 Å². The van der Waals surface area contributed by atoms with Crippen LogP contribution in [0.4, 0.5) is 5.69 Å². The minimum Gasteiger partial charge on any atom is -0.497 e. The summed E-state index contributed by atoms with van der Waals surface area (Å²) in [6, 6.07) is 5.08. The van der Waals surface area contributed by atoms with Crippen LogP contribution in [0, 0.1) is 5.92 Å². The van der Waals surface area contributed by atoms with Crippen molar-refractivity contribution in [1.29, 1.82) is 0 Å². The second-order valence-electron chi connectivity index (χ2n) is 4.72. The normalized spacial score (nSPS) is 16.1. The molecule has 1 heterocycles. The van der Waals surface area contributed by atoms with Gasteiger partial charge in [0.15, 0.2) is 0 Å². The molecule has 104 valence electrons. The Kier molecular flexibility index (Phi) is 4.63. The standard InChI is InChI=1S/C14H20N2O3/c1-18-11-2-3-13(15)12(8-11)14(17)16-9-10-4-6-19-7-5-10/h2-3,8,10H,4-7,9,15H2,1H3,(H,16,17). The molecule has 19 heavy (non-hydrogen) atoms. The first-order valence-corrected chi connectivity index (χ1v) is 6.50. The van der Waals surface area contributed by atoms with Crippen molar-refractivity contribution in [1.82, 2.24) is 5.32 Å². The molecule has 1 amide bonds. The Balaban J connectivity index is 1.95. The number of amides is 1. The van der Waals surface area contributed by atoms with E-state index in [4.69, 9.17) is 15.2 Å². The number of nitrogen functional groups attached to an aromatic ring is 1. The van der Waals surface area contributed by atoms with Crippen LogP contribution in [0.25, 0.3) is 0 Å². The zero-order valence-electron chi connectivity index (χ0n) is 11.1. The predicted octanol–water partition coefficient (Wildman–Crippen LogP) is 1.43. The monoisotopic (exact) mass is 264 g/mol. The molecule has 0 aromatic heterocycles. The van der Waals surface area contributed by atoms with Crippen LogP contribution in [0.1, 0.15) is 23.2 Å². The SMILES string of the molecule is COc1ccc(N)c(C(=O)NCC2CCOCC2)c1. The second-order valence-corrected chi connectivity index (χ2v) is 4.72. The smallest absolute Gasteiger partial charge is 0.253 e. The van der Waals surface area contributed by atoms with E-state index in [1.165, 1.54) is 0 Å². The summed E-state index contributed by atoms with van der Waals surface area (Å²) in [5.74, 6) is 0.970. The van der Waals surface area contributed by atoms with Crippen LogP contribution in [0.2, 0.25) is 0 Å². The number of nitrogens with two attached hydrogens (primary N) is 1. The lowest BCUT2D eigenvalue weighted by Gasteiger charge is -2.22. The summed E-state index contributed by atoms with van der Waals surface area (Å²) in [6.07, 6.45) is 1.99. The molecule has 5 heteroatoms. The average molecular weight is 264 g/mol. The van der Waals surface area contributed by atoms with E-state index < -0.39 is 0 Å². The summed E-state index contributed by atoms with van der Waals surface area (Å²) in [6.45, 7) is 2.22. The number of methoxy groups -OCH3 is 1. The molecule has 5 nitrogen and oxygen atoms in total. The molecular weight excluding hydrogens is 244 g/mol. The fourth-order valence-electron chi connectivity index (χ4n) is 2.14. The van der Waals surface area contributed by atoms with Crippen LogP contribution in [0.15, 0.2) is 18.2 Å². The minimum absolute atomic E-state index is 0.150. The topological polar surface area (TPSA) is 73.6 Å². The molecule has 0 spiro atoms. The first kappa shape index (κ1) is 13.7. The van der Waals surface area contributed by atoms with E-state index in [-0.39, 0.29) is 5.91 Å². The van der Waals surface area contributed by atoms with E-state index in [0.29, 0.717) is 29.5 Å². The number of carbonyl (C=O) groups excluding carboxylic acids is 1. The maximum atomic E-state index is 12.1. The van der Waals surface area contributed by atoms with Crippen LogP contribution in [-0.2, 0) is 4.74 Å². The fraction of sp³-hybridized carbons (Fsp3) is 0.500. The number of carbonyl (C=O) groups is 1. The zero-order chi connectivity index (χ0) is 13.7. The first-order valence-electron chi connectivity index (χ1n) is 6.50. The molecule has 0 radical (unpaired) electrons. The van der Waals surface area contributed by atoms with Gasteiger partial charge in [-0.15, -0.1) is 0 Å². The molecule has 0 bridgehead atoms. The van der Waals surface area contributed by atoms with Gasteiger partial charge >= 0.3 is 0 Å². The van der Waals surface area contributed by atoms with E-state index in [1.807, 2.05) is 0 Å². The van der Waals surface area contributed by atoms with Gasteiger partial charge in [0, 0.05) is 25.4 Å². The largest absolute Gasteiger partial charge is 0.497 e. The highest BCUT2D eigenvalue weighted by atomic mass is 16.5. The number of hydrogen-bond acceptors (Lipinski definition) is 4. The van der Waals surface area contributed by atoms with E-state index in [2.05, 4.69) is 5.32 Å². The maximum absolute atomic E-state index is 12.1. The summed E-state index contributed by atoms with van der Waals surface area (Å²) >= 11 is 0. The number of nitrogens with one attached hydrogen (secondary N) is 1. The maximum Gasteiger partial charge on any atom is 0.253 e. The molecule has 1 aliphatic rings. The summed E-state index contributed by atoms with van der Waals surface area (Å²) in [5, 5.41) is 2.93. The molecule has 1 aliphatic heterocycles. The summed E-state index contributed by atoms with van der Waals surface area (Å²) in [5.41, 5.74) is 6.74. The van der Waals surface area contributed by atoms with E-state index >= 15 is 0 Å². The highest BCUT2D eigenvalue weighted by molar-refractivity contribution is 5.99. The van der Waals surface area contributed by atoms with Crippen molar-refractivity contribution in [2.24, 2.45) is 5.92 Å². The molecule has 2 rings (SSSR count). The Bertz CT molecular complexity index is 442. The van der Waals surface area contributed by atoms with E-state index in [0.717, 1.165) is 26.1 Å². The zero-order valence-corrected chi connectivity index (χ0v) is 11.1. The molecule has 1 saturated heterocycles. The van der Waals surface area contributed by atoms with Crippen LogP contribution in [-0.4, -0.2) is 32.8 Å². The fourth-order valence-corrected chi connectivity index (χ4v) is 2.14. The molecule has 3 N–H and O–H groups in total. The highest BCUT2D eigenvalue weighted by Crippen LogP contribution is 2.20. The van der Waals surface area contributed by atoms with Crippen LogP contribution in [0.5, 0.6) is 5.75 Å². The van der Waals surface area contributed by atoms with Crippen molar-refractivity contribution >= 4 is 11.6 Å². The minimum atomic E-state index is -0.150. The predicted molar refractivity (Wildman–Crippen MR) is 73.3 cm³/mol. The van der Waals surface area contributed by atoms with Gasteiger partial charge in [-0.05, 0) is 37.0 Å². The summed E-state index contributed by atoms with van der Waals surface area (Å²) in [4.78, 5) is 12.1. The number of benzene rings is 1. The number of rotatable bonds is 4. The van der Waals surface area contributed by atoms with Gasteiger partial charge in [0.25, 0.3) is 5.91 Å². The lowest BCUT2D eigenvalue weighted by atomic mass is 10.0. The van der Waals surface area contributed by atoms with Crippen molar-refractivity contribution in [3.05, 3.63) is 23.8 Å². The van der Waals surface area contributed by atoms with Crippen LogP contribution < -0.4 is 15.8 Å². The van der Waals surface area contributed by atoms with Gasteiger partial charge < -0.3 is 20.5 Å². The number of anilines is 1. The molecule has 1 aromatic rings. The molecule has 1 fully saturated rings. The van der Waals surface area contributed by atoms with Gasteiger partial charge in [-0.1, -0.05) is 0 Å². The Morgan fingerprint density at radius 3 is 2.89 bits per heavy atom. The van der Waals surface area contributed by atoms with Crippen LogP contribution in [0.3, 0.4) is 0 Å². The van der Waals surface area contributed by atoms with Gasteiger partial charge in [0.1, 0.15) is 5.75 Å². The van der Waals surface area contributed by atoms with Crippen molar-refractivity contribution in [2.75, 3.05) is 32.6 Å². The third-order valence-electron chi connectivity index (χ3n) is 3.40. The van der Waals surface area contributed by atoms with Gasteiger partial charge in [-0.25, -0.2) is 0 Å². The Morgan fingerprint density at radius 2 is 2.21 bits per heavy atom. The van der Waals surface area contributed by atoms with E-state index in [1.54, 1.807) is 25.3 Å². The molecular formula is C14H20N2O3. The number of ether oxygens (including phenoxy) is 2. The van der Waals surface area contributed by atoms with Gasteiger partial charge in [-0.3, -0.25) is 4.79 Å². The highest BCUT2D eigenvalue weighted by Gasteiger charge is 2.16. The van der Waals surface area contributed by atoms with Crippen molar-refractivity contribution in [2.45, 2.75) is 12.8 Å². The van der Waals surface area contributed by atoms with Crippen molar-refractivity contribution < 1.29 is 14.3 Å². The van der Waals surface area contributed by atoms with Gasteiger partial charge in [0.2, 0.25) is 0 Å². The van der Waals surface area contributed by atoms with Crippen molar-refractivity contribution in [3.63, 3.8) is 0 Å². The average Bonchev–Trinajstić information content (AvgIpc) is 2.46. The van der Waals surface area contributed by atoms with Crippen LogP contribution >= 0.6 is 0 Å². The Labute approximate surface area is 113 Å². The molecule has 1 aromatic carbocycles. The van der Waals surface area contributed by atoms with Gasteiger partial charge in [0.05, 0.1) is 12.7 Å². The summed E-state index contributed by atoms with van der Waals surface area (Å²) in [7, 11) is 1.56. The molecule has 0 aliphatic carbocycles. The third-order valence-corrected chi connectivity index (χ3v) is 3.40. The molecule has 0 unspecified atom stereocenters. The lowest BCUT2D eigenvalue weighted by Crippen LogP contribution is -2.32. The van der Waals surface area contributed by atoms with E-state index in [9.17, 15) is 4.79 Å². The Morgan fingerprint density at radius 1 is 1.47 bits per heavy atom. The third kappa shape index (κ3) is 3.61. The molecule has 0 saturated carbocycles. The summed E-state index contributed by atoms with van der Waals surface area (Å²) < 4.78 is 10.4. The lowest BCUT2D eigenvalue weighted by molar-refractivity contribution is 0.0643. The molecule has 0 atom stereocenters. The second kappa shape index (κ2) is 6.43. The van der Waals surface area contributed by atoms with Gasteiger partial charge in [-0.2, -0.15) is 0 Å². The first-order chi connectivity index (χ1) is 9.20.